The molecule has 0 aliphatic carbocycles. The normalized spacial score (nSPS) is 12.9. The molecule has 170 valence electrons. The molecule has 4 aromatic heterocycles. The number of benzene rings is 6. The van der Waals surface area contributed by atoms with Crippen LogP contribution in [0.25, 0.3) is 90.8 Å². The second-order valence-corrected chi connectivity index (χ2v) is 11.2. The van der Waals surface area contributed by atoms with Crippen LogP contribution >= 0.6 is 11.3 Å². The highest BCUT2D eigenvalue weighted by atomic mass is 32.1. The fourth-order valence-corrected chi connectivity index (χ4v) is 8.17. The van der Waals surface area contributed by atoms with E-state index >= 15 is 0 Å². The molecule has 0 radical (unpaired) electrons. The lowest BCUT2D eigenvalue weighted by molar-refractivity contribution is 1.36. The zero-order valence-corrected chi connectivity index (χ0v) is 20.5. The van der Waals surface area contributed by atoms with Crippen molar-refractivity contribution in [2.75, 3.05) is 0 Å². The number of H-pyrrole nitrogens is 1. The molecule has 6 aromatic carbocycles. The molecule has 0 saturated heterocycles. The number of hydrogen-bond acceptors (Lipinski definition) is 1. The Morgan fingerprint density at radius 2 is 1.30 bits per heavy atom. The van der Waals surface area contributed by atoms with Crippen LogP contribution in [0.1, 0.15) is 0 Å². The molecule has 1 N–H and O–H groups in total. The molecule has 0 aliphatic rings. The van der Waals surface area contributed by atoms with E-state index in [1.165, 1.54) is 90.8 Å². The number of rotatable bonds is 0. The van der Waals surface area contributed by atoms with Crippen molar-refractivity contribution in [2.24, 2.45) is 0 Å². The van der Waals surface area contributed by atoms with Gasteiger partial charge in [0.2, 0.25) is 0 Å². The van der Waals surface area contributed by atoms with Gasteiger partial charge in [0, 0.05) is 53.3 Å². The summed E-state index contributed by atoms with van der Waals surface area (Å²) in [4.78, 5) is 3.92. The summed E-state index contributed by atoms with van der Waals surface area (Å²) in [5.41, 5.74) is 6.29. The number of hydrogen-bond donors (Lipinski definition) is 1. The first kappa shape index (κ1) is 18.6. The van der Waals surface area contributed by atoms with Gasteiger partial charge in [-0.15, -0.1) is 11.3 Å². The van der Waals surface area contributed by atoms with Gasteiger partial charge in [0.1, 0.15) is 0 Å². The molecule has 0 aliphatic heterocycles. The summed E-state index contributed by atoms with van der Waals surface area (Å²) >= 11 is 1.90. The number of nitrogens with one attached hydrogen (secondary N) is 1. The van der Waals surface area contributed by atoms with Crippen LogP contribution < -0.4 is 0 Å². The van der Waals surface area contributed by atoms with Crippen LogP contribution in [0, 0.1) is 0 Å². The van der Waals surface area contributed by atoms with Crippen molar-refractivity contribution < 1.29 is 0 Å². The number of thiophene rings is 1. The van der Waals surface area contributed by atoms with E-state index in [2.05, 4.69) is 113 Å². The predicted molar refractivity (Wildman–Crippen MR) is 161 cm³/mol. The van der Waals surface area contributed by atoms with Crippen molar-refractivity contribution in [2.45, 2.75) is 0 Å². The molecule has 0 spiro atoms. The van der Waals surface area contributed by atoms with E-state index in [1.807, 2.05) is 11.3 Å². The van der Waals surface area contributed by atoms with Gasteiger partial charge in [-0.1, -0.05) is 78.9 Å². The van der Waals surface area contributed by atoms with E-state index in [-0.39, 0.29) is 0 Å². The summed E-state index contributed by atoms with van der Waals surface area (Å²) in [7, 11) is 0. The monoisotopic (exact) mass is 486 g/mol. The zero-order chi connectivity index (χ0) is 23.8. The predicted octanol–water partition coefficient (Wildman–Crippen LogP) is 9.99. The molecular weight excluding hydrogens is 468 g/mol. The van der Waals surface area contributed by atoms with E-state index < -0.39 is 0 Å². The summed E-state index contributed by atoms with van der Waals surface area (Å²) in [6.07, 6.45) is 0. The minimum absolute atomic E-state index is 1.21. The van der Waals surface area contributed by atoms with Crippen molar-refractivity contribution in [3.05, 3.63) is 103 Å². The Morgan fingerprint density at radius 3 is 2.24 bits per heavy atom. The second kappa shape index (κ2) is 6.20. The molecule has 10 aromatic rings. The van der Waals surface area contributed by atoms with Crippen molar-refractivity contribution >= 4 is 102 Å². The molecule has 0 unspecified atom stereocenters. The van der Waals surface area contributed by atoms with Crippen molar-refractivity contribution in [1.29, 1.82) is 0 Å². The Balaban J connectivity index is 1.70. The van der Waals surface area contributed by atoms with E-state index in [9.17, 15) is 0 Å². The van der Waals surface area contributed by atoms with E-state index in [1.54, 1.807) is 0 Å². The standard InChI is InChI=1S/C34H18N2S/c1-2-9-19-18(8-1)16-25-30-29(19)23-13-7-12-22-20-10-3-5-14-26(20)36(33(22)23)27-17-24-21-11-4-6-15-28(21)37-34(24)32(35-25)31(27)30/h1-17,35H. The Morgan fingerprint density at radius 1 is 0.541 bits per heavy atom. The first-order valence-corrected chi connectivity index (χ1v) is 13.5. The summed E-state index contributed by atoms with van der Waals surface area (Å²) in [5, 5.41) is 13.2. The van der Waals surface area contributed by atoms with Crippen LogP contribution in [0.3, 0.4) is 0 Å². The maximum atomic E-state index is 3.92. The van der Waals surface area contributed by atoms with Crippen molar-refractivity contribution in [3.8, 4) is 0 Å². The average Bonchev–Trinajstić information content (AvgIpc) is 3.58. The summed E-state index contributed by atoms with van der Waals surface area (Å²) in [6, 6.07) is 38.2. The largest absolute Gasteiger partial charge is 0.353 e. The smallest absolute Gasteiger partial charge is 0.0668 e. The average molecular weight is 487 g/mol. The Labute approximate surface area is 214 Å². The number of aromatic nitrogens is 2. The molecule has 0 atom stereocenters. The van der Waals surface area contributed by atoms with Gasteiger partial charge in [0.05, 0.1) is 26.8 Å². The molecule has 0 fully saturated rings. The third kappa shape index (κ3) is 2.07. The minimum Gasteiger partial charge on any atom is -0.353 e. The molecule has 3 heteroatoms. The van der Waals surface area contributed by atoms with E-state index in [4.69, 9.17) is 0 Å². The highest BCUT2D eigenvalue weighted by molar-refractivity contribution is 7.26. The van der Waals surface area contributed by atoms with Gasteiger partial charge >= 0.3 is 0 Å². The molecule has 0 saturated carbocycles. The summed E-state index contributed by atoms with van der Waals surface area (Å²) < 4.78 is 5.21. The maximum absolute atomic E-state index is 3.92. The maximum Gasteiger partial charge on any atom is 0.0668 e. The third-order valence-corrected chi connectivity index (χ3v) is 9.62. The van der Waals surface area contributed by atoms with Crippen LogP contribution in [-0.4, -0.2) is 9.38 Å². The van der Waals surface area contributed by atoms with E-state index in [0.29, 0.717) is 0 Å². The lowest BCUT2D eigenvalue weighted by Crippen LogP contribution is -1.85. The highest BCUT2D eigenvalue weighted by Gasteiger charge is 2.23. The van der Waals surface area contributed by atoms with Crippen molar-refractivity contribution in [1.82, 2.24) is 9.38 Å². The quantitative estimate of drug-likeness (QED) is 0.220. The first-order valence-electron chi connectivity index (χ1n) is 12.7. The van der Waals surface area contributed by atoms with E-state index in [0.717, 1.165) is 0 Å². The van der Waals surface area contributed by atoms with Gasteiger partial charge in [-0.2, -0.15) is 0 Å². The molecule has 0 bridgehead atoms. The summed E-state index contributed by atoms with van der Waals surface area (Å²) in [5.74, 6) is 0. The Kier molecular flexibility index (Phi) is 3.12. The Hall–Kier alpha value is -4.60. The number of aromatic amines is 1. The van der Waals surface area contributed by atoms with Crippen LogP contribution in [0.4, 0.5) is 0 Å². The Bertz CT molecular complexity index is 2570. The summed E-state index contributed by atoms with van der Waals surface area (Å²) in [6.45, 7) is 0. The van der Waals surface area contributed by atoms with Crippen molar-refractivity contribution in [3.63, 3.8) is 0 Å². The van der Waals surface area contributed by atoms with Gasteiger partial charge in [-0.3, -0.25) is 0 Å². The highest BCUT2D eigenvalue weighted by Crippen LogP contribution is 2.48. The molecule has 0 amide bonds. The molecule has 10 rings (SSSR count). The van der Waals surface area contributed by atoms with Crippen LogP contribution in [0.2, 0.25) is 0 Å². The van der Waals surface area contributed by atoms with Crippen LogP contribution in [0.5, 0.6) is 0 Å². The van der Waals surface area contributed by atoms with Gasteiger partial charge in [-0.05, 0) is 35.0 Å². The third-order valence-electron chi connectivity index (χ3n) is 8.41. The molecule has 2 nitrogen and oxygen atoms in total. The molecular formula is C34H18N2S. The van der Waals surface area contributed by atoms with Gasteiger partial charge < -0.3 is 9.38 Å². The lowest BCUT2D eigenvalue weighted by Gasteiger charge is -2.05. The van der Waals surface area contributed by atoms with Gasteiger partial charge in [0.25, 0.3) is 0 Å². The number of para-hydroxylation sites is 2. The van der Waals surface area contributed by atoms with Gasteiger partial charge in [0.15, 0.2) is 0 Å². The van der Waals surface area contributed by atoms with Crippen LogP contribution in [-0.2, 0) is 0 Å². The number of fused-ring (bicyclic) bond motifs is 11. The second-order valence-electron chi connectivity index (χ2n) is 10.2. The number of nitrogens with zero attached hydrogens (tertiary/aromatic N) is 1. The zero-order valence-electron chi connectivity index (χ0n) is 19.7. The van der Waals surface area contributed by atoms with Crippen LogP contribution in [0.15, 0.2) is 103 Å². The lowest BCUT2D eigenvalue weighted by atomic mass is 9.97. The first-order chi connectivity index (χ1) is 18.4. The SMILES string of the molecule is c1ccc2c(c1)cc1[nH]c3c4sc5ccccc5c4cc4c3c1c2c1cccc2c3ccccc3n4c21. The fourth-order valence-electron chi connectivity index (χ4n) is 6.98. The minimum atomic E-state index is 1.21. The fraction of sp³-hybridized carbons (Fsp3) is 0. The molecule has 37 heavy (non-hydrogen) atoms. The topological polar surface area (TPSA) is 20.2 Å². The van der Waals surface area contributed by atoms with Gasteiger partial charge in [-0.25, -0.2) is 0 Å². The molecule has 4 heterocycles.